The van der Waals surface area contributed by atoms with Crippen molar-refractivity contribution in [1.29, 1.82) is 0 Å². The minimum absolute atomic E-state index is 0.478. The monoisotopic (exact) mass is 184 g/mol. The summed E-state index contributed by atoms with van der Waals surface area (Å²) in [7, 11) is 0. The maximum atomic E-state index is 5.89. The van der Waals surface area contributed by atoms with Gasteiger partial charge in [-0.25, -0.2) is 0 Å². The predicted molar refractivity (Wildman–Crippen MR) is 52.6 cm³/mol. The fourth-order valence-corrected chi connectivity index (χ4v) is 2.43. The molecule has 2 aliphatic rings. The Balaban J connectivity index is 1.71. The van der Waals surface area contributed by atoms with Crippen molar-refractivity contribution in [3.8, 4) is 0 Å². The van der Waals surface area contributed by atoms with Crippen molar-refractivity contribution in [3.63, 3.8) is 0 Å². The summed E-state index contributed by atoms with van der Waals surface area (Å²) in [6.07, 6.45) is 3.80. The van der Waals surface area contributed by atoms with Crippen molar-refractivity contribution in [2.75, 3.05) is 32.8 Å². The summed E-state index contributed by atoms with van der Waals surface area (Å²) in [6.45, 7) is 5.31. The molecular weight excluding hydrogens is 164 g/mol. The Labute approximate surface area is 80.2 Å². The van der Waals surface area contributed by atoms with Gasteiger partial charge in [-0.1, -0.05) is 0 Å². The zero-order valence-electron chi connectivity index (χ0n) is 8.24. The van der Waals surface area contributed by atoms with Crippen molar-refractivity contribution in [2.45, 2.75) is 25.3 Å². The lowest BCUT2D eigenvalue weighted by molar-refractivity contribution is 0.0310. The quantitative estimate of drug-likeness (QED) is 0.677. The van der Waals surface area contributed by atoms with Gasteiger partial charge in [-0.05, 0) is 25.2 Å². The van der Waals surface area contributed by atoms with Gasteiger partial charge in [0.05, 0.1) is 13.2 Å². The van der Waals surface area contributed by atoms with E-state index in [1.165, 1.54) is 25.8 Å². The molecule has 1 saturated heterocycles. The normalized spacial score (nSPS) is 36.7. The maximum Gasteiger partial charge on any atom is 0.0594 e. The first-order valence-electron chi connectivity index (χ1n) is 5.40. The highest BCUT2D eigenvalue weighted by molar-refractivity contribution is 4.80. The summed E-state index contributed by atoms with van der Waals surface area (Å²) in [5.74, 6) is 0.855. The highest BCUT2D eigenvalue weighted by Crippen LogP contribution is 2.24. The summed E-state index contributed by atoms with van der Waals surface area (Å²) in [5.41, 5.74) is 5.89. The average Bonchev–Trinajstić information content (AvgIpc) is 2.53. The zero-order valence-corrected chi connectivity index (χ0v) is 8.24. The van der Waals surface area contributed by atoms with Crippen LogP contribution >= 0.6 is 0 Å². The highest BCUT2D eigenvalue weighted by atomic mass is 16.5. The third kappa shape index (κ3) is 2.66. The van der Waals surface area contributed by atoms with Gasteiger partial charge in [0, 0.05) is 25.7 Å². The second kappa shape index (κ2) is 4.40. The predicted octanol–water partition coefficient (Wildman–Crippen LogP) is 0.446. The van der Waals surface area contributed by atoms with Crippen LogP contribution in [0, 0.1) is 5.92 Å². The summed E-state index contributed by atoms with van der Waals surface area (Å²) >= 11 is 0. The zero-order chi connectivity index (χ0) is 9.10. The van der Waals surface area contributed by atoms with Gasteiger partial charge in [-0.3, -0.25) is 4.90 Å². The Morgan fingerprint density at radius 2 is 2.00 bits per heavy atom. The van der Waals surface area contributed by atoms with Crippen LogP contribution < -0.4 is 5.73 Å². The van der Waals surface area contributed by atoms with Gasteiger partial charge in [-0.2, -0.15) is 0 Å². The Kier molecular flexibility index (Phi) is 3.19. The van der Waals surface area contributed by atoms with E-state index in [0.29, 0.717) is 6.04 Å². The molecule has 3 heteroatoms. The van der Waals surface area contributed by atoms with Crippen LogP contribution in [0.3, 0.4) is 0 Å². The first-order chi connectivity index (χ1) is 6.34. The van der Waals surface area contributed by atoms with Gasteiger partial charge >= 0.3 is 0 Å². The van der Waals surface area contributed by atoms with E-state index in [2.05, 4.69) is 4.90 Å². The number of rotatable bonds is 2. The standard InChI is InChI=1S/C10H20N2O/c11-10-2-1-9(7-10)8-12-3-5-13-6-4-12/h9-10H,1-8,11H2. The first kappa shape index (κ1) is 9.44. The van der Waals surface area contributed by atoms with Crippen LogP contribution in [-0.4, -0.2) is 43.8 Å². The minimum atomic E-state index is 0.478. The Bertz CT molecular complexity index is 154. The van der Waals surface area contributed by atoms with Crippen LogP contribution in [0.4, 0.5) is 0 Å². The topological polar surface area (TPSA) is 38.5 Å². The van der Waals surface area contributed by atoms with E-state index in [0.717, 1.165) is 32.2 Å². The third-order valence-electron chi connectivity index (χ3n) is 3.20. The van der Waals surface area contributed by atoms with Crippen LogP contribution in [-0.2, 0) is 4.74 Å². The van der Waals surface area contributed by atoms with Crippen molar-refractivity contribution in [2.24, 2.45) is 11.7 Å². The van der Waals surface area contributed by atoms with Gasteiger partial charge < -0.3 is 10.5 Å². The van der Waals surface area contributed by atoms with E-state index in [4.69, 9.17) is 10.5 Å². The number of ether oxygens (including phenoxy) is 1. The molecule has 0 radical (unpaired) electrons. The third-order valence-corrected chi connectivity index (χ3v) is 3.20. The fraction of sp³-hybridized carbons (Fsp3) is 1.00. The lowest BCUT2D eigenvalue weighted by Gasteiger charge is -2.28. The van der Waals surface area contributed by atoms with Gasteiger partial charge in [-0.15, -0.1) is 0 Å². The lowest BCUT2D eigenvalue weighted by atomic mass is 10.1. The van der Waals surface area contributed by atoms with Gasteiger partial charge in [0.2, 0.25) is 0 Å². The number of nitrogens with zero attached hydrogens (tertiary/aromatic N) is 1. The van der Waals surface area contributed by atoms with Crippen molar-refractivity contribution < 1.29 is 4.74 Å². The summed E-state index contributed by atoms with van der Waals surface area (Å²) in [4.78, 5) is 2.52. The fourth-order valence-electron chi connectivity index (χ4n) is 2.43. The number of hydrogen-bond donors (Lipinski definition) is 1. The molecule has 0 amide bonds. The maximum absolute atomic E-state index is 5.89. The molecule has 1 aliphatic carbocycles. The lowest BCUT2D eigenvalue weighted by Crippen LogP contribution is -2.39. The largest absolute Gasteiger partial charge is 0.379 e. The molecule has 0 spiro atoms. The molecule has 1 heterocycles. The van der Waals surface area contributed by atoms with Gasteiger partial charge in [0.1, 0.15) is 0 Å². The SMILES string of the molecule is NC1CCC(CN2CCOCC2)C1. The minimum Gasteiger partial charge on any atom is -0.379 e. The van der Waals surface area contributed by atoms with Gasteiger partial charge in [0.25, 0.3) is 0 Å². The molecule has 0 bridgehead atoms. The first-order valence-corrected chi connectivity index (χ1v) is 5.40. The second-order valence-electron chi connectivity index (χ2n) is 4.35. The summed E-state index contributed by atoms with van der Waals surface area (Å²) < 4.78 is 5.32. The van der Waals surface area contributed by atoms with Crippen molar-refractivity contribution in [3.05, 3.63) is 0 Å². The molecule has 2 N–H and O–H groups in total. The van der Waals surface area contributed by atoms with Crippen LogP contribution in [0.1, 0.15) is 19.3 Å². The molecule has 2 fully saturated rings. The molecule has 1 aliphatic heterocycles. The molecule has 1 saturated carbocycles. The van der Waals surface area contributed by atoms with Crippen molar-refractivity contribution >= 4 is 0 Å². The van der Waals surface area contributed by atoms with Crippen LogP contribution in [0.2, 0.25) is 0 Å². The molecule has 3 nitrogen and oxygen atoms in total. The van der Waals surface area contributed by atoms with E-state index < -0.39 is 0 Å². The highest BCUT2D eigenvalue weighted by Gasteiger charge is 2.24. The second-order valence-corrected chi connectivity index (χ2v) is 4.35. The molecule has 0 aromatic carbocycles. The van der Waals surface area contributed by atoms with E-state index in [-0.39, 0.29) is 0 Å². The van der Waals surface area contributed by atoms with E-state index >= 15 is 0 Å². The van der Waals surface area contributed by atoms with Crippen LogP contribution in [0.25, 0.3) is 0 Å². The van der Waals surface area contributed by atoms with Crippen molar-refractivity contribution in [1.82, 2.24) is 4.90 Å². The molecule has 0 aromatic rings. The average molecular weight is 184 g/mol. The number of hydrogen-bond acceptors (Lipinski definition) is 3. The molecule has 76 valence electrons. The molecule has 13 heavy (non-hydrogen) atoms. The van der Waals surface area contributed by atoms with E-state index in [9.17, 15) is 0 Å². The summed E-state index contributed by atoms with van der Waals surface area (Å²) in [6, 6.07) is 0.478. The van der Waals surface area contributed by atoms with Crippen LogP contribution in [0.15, 0.2) is 0 Å². The molecule has 2 unspecified atom stereocenters. The summed E-state index contributed by atoms with van der Waals surface area (Å²) in [5, 5.41) is 0. The Morgan fingerprint density at radius 3 is 2.62 bits per heavy atom. The number of morpholine rings is 1. The number of nitrogens with two attached hydrogens (primary N) is 1. The van der Waals surface area contributed by atoms with Crippen LogP contribution in [0.5, 0.6) is 0 Å². The smallest absolute Gasteiger partial charge is 0.0594 e. The Hall–Kier alpha value is -0.120. The Morgan fingerprint density at radius 1 is 1.23 bits per heavy atom. The van der Waals surface area contributed by atoms with E-state index in [1.54, 1.807) is 0 Å². The molecule has 2 rings (SSSR count). The van der Waals surface area contributed by atoms with Gasteiger partial charge in [0.15, 0.2) is 0 Å². The van der Waals surface area contributed by atoms with E-state index in [1.807, 2.05) is 0 Å². The molecule has 0 aromatic heterocycles. The molecular formula is C10H20N2O. The molecule has 2 atom stereocenters.